The van der Waals surface area contributed by atoms with Gasteiger partial charge in [0.1, 0.15) is 6.61 Å². The van der Waals surface area contributed by atoms with Gasteiger partial charge in [-0.25, -0.2) is 0 Å². The van der Waals surface area contributed by atoms with Crippen molar-refractivity contribution in [3.8, 4) is 0 Å². The molecule has 0 radical (unpaired) electrons. The van der Waals surface area contributed by atoms with Crippen LogP contribution in [0.3, 0.4) is 0 Å². The molecule has 0 aromatic carbocycles. The van der Waals surface area contributed by atoms with Crippen molar-refractivity contribution < 1.29 is 23.8 Å². The lowest BCUT2D eigenvalue weighted by atomic mass is 10.1. The van der Waals surface area contributed by atoms with Gasteiger partial charge in [0.25, 0.3) is 0 Å². The average Bonchev–Trinajstić information content (AvgIpc) is 3.36. The van der Waals surface area contributed by atoms with Gasteiger partial charge in [-0.15, -0.1) is 0 Å². The van der Waals surface area contributed by atoms with Crippen LogP contribution in [0.5, 0.6) is 0 Å². The Kier molecular flexibility index (Phi) is 57.9. The molecule has 404 valence electrons. The first-order valence-corrected chi connectivity index (χ1v) is 30.1. The molecule has 0 aliphatic heterocycles. The fourth-order valence-electron chi connectivity index (χ4n) is 8.34. The van der Waals surface area contributed by atoms with Crippen molar-refractivity contribution in [2.45, 2.75) is 297 Å². The molecule has 0 heterocycles. The molecular formula is C65H114O5. The first-order valence-electron chi connectivity index (χ1n) is 30.1. The van der Waals surface area contributed by atoms with E-state index in [1.807, 2.05) is 0 Å². The topological polar surface area (TPSA) is 61.8 Å². The van der Waals surface area contributed by atoms with Crippen molar-refractivity contribution in [3.05, 3.63) is 85.1 Å². The van der Waals surface area contributed by atoms with Gasteiger partial charge >= 0.3 is 11.9 Å². The fourth-order valence-corrected chi connectivity index (χ4v) is 8.34. The molecule has 0 rings (SSSR count). The maximum atomic E-state index is 12.9. The van der Waals surface area contributed by atoms with E-state index in [1.54, 1.807) is 0 Å². The zero-order chi connectivity index (χ0) is 50.6. The van der Waals surface area contributed by atoms with E-state index in [0.717, 1.165) is 89.9 Å². The van der Waals surface area contributed by atoms with Crippen LogP contribution in [0.2, 0.25) is 0 Å². The number of hydrogen-bond donors (Lipinski definition) is 0. The van der Waals surface area contributed by atoms with Crippen molar-refractivity contribution in [2.24, 2.45) is 0 Å². The number of carbonyl (C=O) groups is 2. The molecule has 0 aromatic rings. The lowest BCUT2D eigenvalue weighted by Crippen LogP contribution is -2.30. The third-order valence-electron chi connectivity index (χ3n) is 12.9. The summed E-state index contributed by atoms with van der Waals surface area (Å²) in [5, 5.41) is 0. The minimum absolute atomic E-state index is 0.0692. The summed E-state index contributed by atoms with van der Waals surface area (Å²) in [6, 6.07) is 0. The normalized spacial score (nSPS) is 12.8. The Morgan fingerprint density at radius 3 is 0.957 bits per heavy atom. The Balaban J connectivity index is 4.31. The summed E-state index contributed by atoms with van der Waals surface area (Å²) in [6.07, 6.45) is 80.3. The van der Waals surface area contributed by atoms with Gasteiger partial charge in [-0.3, -0.25) is 9.59 Å². The SMILES string of the molecule is CCCCC/C=C\C/C=C\C/C=C\CCCCCCCCC(=O)OCC(COCCCCCCCCCCCC/C=C\C/C=C\CCCCC)OC(=O)CCCCCCC/C=C\C/C=C\CCCCC. The number of hydrogen-bond acceptors (Lipinski definition) is 5. The Hall–Kier alpha value is -2.92. The van der Waals surface area contributed by atoms with Crippen LogP contribution in [0.1, 0.15) is 290 Å². The van der Waals surface area contributed by atoms with E-state index in [0.29, 0.717) is 19.4 Å². The van der Waals surface area contributed by atoms with Crippen molar-refractivity contribution in [3.63, 3.8) is 0 Å². The summed E-state index contributed by atoms with van der Waals surface area (Å²) in [5.74, 6) is -0.423. The minimum atomic E-state index is -0.556. The lowest BCUT2D eigenvalue weighted by Gasteiger charge is -2.18. The zero-order valence-corrected chi connectivity index (χ0v) is 46.5. The molecule has 0 aromatic heterocycles. The zero-order valence-electron chi connectivity index (χ0n) is 46.5. The second kappa shape index (κ2) is 60.4. The minimum Gasteiger partial charge on any atom is -0.462 e. The molecule has 70 heavy (non-hydrogen) atoms. The number of rotatable bonds is 55. The highest BCUT2D eigenvalue weighted by atomic mass is 16.6. The number of esters is 2. The van der Waals surface area contributed by atoms with Crippen molar-refractivity contribution in [1.29, 1.82) is 0 Å². The summed E-state index contributed by atoms with van der Waals surface area (Å²) < 4.78 is 17.5. The van der Waals surface area contributed by atoms with Gasteiger partial charge in [-0.2, -0.15) is 0 Å². The lowest BCUT2D eigenvalue weighted by molar-refractivity contribution is -0.163. The van der Waals surface area contributed by atoms with Crippen LogP contribution < -0.4 is 0 Å². The molecular weight excluding hydrogens is 861 g/mol. The van der Waals surface area contributed by atoms with E-state index in [1.165, 1.54) is 167 Å². The highest BCUT2D eigenvalue weighted by Crippen LogP contribution is 2.15. The standard InChI is InChI=1S/C65H114O5/c1-4-7-10-13-16-19-22-25-28-30-32-34-36-39-42-45-48-51-54-57-60-68-61-63(70-65(67)59-56-53-50-47-44-41-37-27-24-21-18-15-12-9-6-3)62-69-64(66)58-55-52-49-46-43-40-38-35-33-31-29-26-23-20-17-14-11-8-5-2/h16-21,25-29,33,35,37,63H,4-15,22-24,30-32,34,36,38-62H2,1-3H3/b19-16-,20-17-,21-18-,28-25-,29-26-,35-33-,37-27-. The molecule has 5 nitrogen and oxygen atoms in total. The second-order valence-electron chi connectivity index (χ2n) is 19.9. The first-order chi connectivity index (χ1) is 34.6. The fraction of sp³-hybridized carbons (Fsp3) is 0.754. The quantitative estimate of drug-likeness (QED) is 0.0345. The van der Waals surface area contributed by atoms with Gasteiger partial charge in [0, 0.05) is 19.4 Å². The summed E-state index contributed by atoms with van der Waals surface area (Å²) >= 11 is 0. The predicted molar refractivity (Wildman–Crippen MR) is 307 cm³/mol. The molecule has 1 unspecified atom stereocenters. The van der Waals surface area contributed by atoms with Crippen molar-refractivity contribution in [2.75, 3.05) is 19.8 Å². The number of unbranched alkanes of at least 4 members (excludes halogenated alkanes) is 30. The molecule has 0 bridgehead atoms. The highest BCUT2D eigenvalue weighted by Gasteiger charge is 2.17. The summed E-state index contributed by atoms with van der Waals surface area (Å²) in [6.45, 7) is 7.74. The third kappa shape index (κ3) is 57.7. The van der Waals surface area contributed by atoms with Gasteiger partial charge in [0.15, 0.2) is 6.10 Å². The summed E-state index contributed by atoms with van der Waals surface area (Å²) in [5.41, 5.74) is 0. The van der Waals surface area contributed by atoms with Crippen LogP contribution in [-0.4, -0.2) is 37.9 Å². The molecule has 0 aliphatic rings. The maximum Gasteiger partial charge on any atom is 0.306 e. The Labute approximate surface area is 435 Å². The van der Waals surface area contributed by atoms with Crippen LogP contribution in [0.4, 0.5) is 0 Å². The Morgan fingerprint density at radius 1 is 0.314 bits per heavy atom. The molecule has 1 atom stereocenters. The van der Waals surface area contributed by atoms with E-state index in [9.17, 15) is 9.59 Å². The molecule has 0 saturated carbocycles. The molecule has 0 spiro atoms. The summed E-state index contributed by atoms with van der Waals surface area (Å²) in [7, 11) is 0. The monoisotopic (exact) mass is 975 g/mol. The molecule has 0 N–H and O–H groups in total. The Morgan fingerprint density at radius 2 is 0.600 bits per heavy atom. The van der Waals surface area contributed by atoms with E-state index in [-0.39, 0.29) is 25.2 Å². The maximum absolute atomic E-state index is 12.9. The number of allylic oxidation sites excluding steroid dienone is 14. The van der Waals surface area contributed by atoms with E-state index in [4.69, 9.17) is 14.2 Å². The average molecular weight is 976 g/mol. The van der Waals surface area contributed by atoms with E-state index in [2.05, 4.69) is 106 Å². The van der Waals surface area contributed by atoms with Crippen LogP contribution in [-0.2, 0) is 23.8 Å². The molecule has 5 heteroatoms. The van der Waals surface area contributed by atoms with Gasteiger partial charge < -0.3 is 14.2 Å². The number of ether oxygens (including phenoxy) is 3. The van der Waals surface area contributed by atoms with Crippen molar-refractivity contribution >= 4 is 11.9 Å². The largest absolute Gasteiger partial charge is 0.462 e. The van der Waals surface area contributed by atoms with Crippen molar-refractivity contribution in [1.82, 2.24) is 0 Å². The third-order valence-corrected chi connectivity index (χ3v) is 12.9. The van der Waals surface area contributed by atoms with Crippen LogP contribution in [0, 0.1) is 0 Å². The van der Waals surface area contributed by atoms with Crippen LogP contribution >= 0.6 is 0 Å². The Bertz CT molecular complexity index is 1290. The van der Waals surface area contributed by atoms with Gasteiger partial charge in [0.2, 0.25) is 0 Å². The predicted octanol–water partition coefficient (Wildman–Crippen LogP) is 20.8. The van der Waals surface area contributed by atoms with Gasteiger partial charge in [0.05, 0.1) is 6.61 Å². The smallest absolute Gasteiger partial charge is 0.306 e. The molecule has 0 saturated heterocycles. The number of carbonyl (C=O) groups excluding carboxylic acids is 2. The van der Waals surface area contributed by atoms with Crippen LogP contribution in [0.15, 0.2) is 85.1 Å². The molecule has 0 amide bonds. The second-order valence-corrected chi connectivity index (χ2v) is 19.9. The van der Waals surface area contributed by atoms with E-state index < -0.39 is 6.10 Å². The molecule has 0 aliphatic carbocycles. The van der Waals surface area contributed by atoms with Gasteiger partial charge in [-0.1, -0.05) is 241 Å². The highest BCUT2D eigenvalue weighted by molar-refractivity contribution is 5.70. The van der Waals surface area contributed by atoms with Crippen LogP contribution in [0.25, 0.3) is 0 Å². The first kappa shape index (κ1) is 67.1. The van der Waals surface area contributed by atoms with Gasteiger partial charge in [-0.05, 0) is 122 Å². The summed E-state index contributed by atoms with van der Waals surface area (Å²) in [4.78, 5) is 25.6. The van der Waals surface area contributed by atoms with E-state index >= 15 is 0 Å². The molecule has 0 fully saturated rings.